The zero-order chi connectivity index (χ0) is 16.2. The molecular weight excluding hydrogens is 274 g/mol. The van der Waals surface area contributed by atoms with Crippen molar-refractivity contribution in [2.45, 2.75) is 33.3 Å². The molecule has 114 valence electrons. The molecule has 0 fully saturated rings. The Balaban J connectivity index is 3.11. The maximum absolute atomic E-state index is 11.7. The lowest BCUT2D eigenvalue weighted by Gasteiger charge is -2.20. The molecule has 1 aromatic carbocycles. The van der Waals surface area contributed by atoms with Gasteiger partial charge in [-0.3, -0.25) is 10.1 Å². The molecule has 0 aliphatic heterocycles. The second-order valence-corrected chi connectivity index (χ2v) is 5.47. The monoisotopic (exact) mass is 293 g/mol. The van der Waals surface area contributed by atoms with Gasteiger partial charge in [0.05, 0.1) is 12.7 Å². The smallest absolute Gasteiger partial charge is 0.412 e. The van der Waals surface area contributed by atoms with Gasteiger partial charge in [0.1, 0.15) is 11.9 Å². The number of carbonyl (C=O) groups is 3. The van der Waals surface area contributed by atoms with Crippen molar-refractivity contribution < 1.29 is 23.9 Å². The van der Waals surface area contributed by atoms with Crippen molar-refractivity contribution in [2.24, 2.45) is 0 Å². The van der Waals surface area contributed by atoms with Gasteiger partial charge in [-0.15, -0.1) is 0 Å². The number of anilines is 1. The highest BCUT2D eigenvalue weighted by molar-refractivity contribution is 5.97. The first-order valence-corrected chi connectivity index (χ1v) is 6.36. The fourth-order valence-electron chi connectivity index (χ4n) is 1.67. The number of amides is 1. The van der Waals surface area contributed by atoms with Crippen LogP contribution in [0.3, 0.4) is 0 Å². The van der Waals surface area contributed by atoms with Crippen LogP contribution in [0.1, 0.15) is 47.1 Å². The number of aldehydes is 1. The molecule has 0 unspecified atom stereocenters. The molecule has 0 aliphatic carbocycles. The minimum absolute atomic E-state index is 0.216. The van der Waals surface area contributed by atoms with Gasteiger partial charge in [0.25, 0.3) is 0 Å². The van der Waals surface area contributed by atoms with E-state index in [1.165, 1.54) is 19.2 Å². The van der Waals surface area contributed by atoms with Crippen molar-refractivity contribution in [3.63, 3.8) is 0 Å². The molecule has 0 heterocycles. The number of rotatable bonds is 3. The van der Waals surface area contributed by atoms with Gasteiger partial charge in [-0.05, 0) is 45.4 Å². The predicted octanol–water partition coefficient (Wildman–Crippen LogP) is 2.94. The van der Waals surface area contributed by atoms with Gasteiger partial charge in [-0.25, -0.2) is 9.59 Å². The Hall–Kier alpha value is -2.37. The summed E-state index contributed by atoms with van der Waals surface area (Å²) >= 11 is 0. The highest BCUT2D eigenvalue weighted by Crippen LogP contribution is 2.21. The van der Waals surface area contributed by atoms with Crippen LogP contribution in [-0.4, -0.2) is 31.1 Å². The lowest BCUT2D eigenvalue weighted by atomic mass is 10.0. The van der Waals surface area contributed by atoms with E-state index in [1.54, 1.807) is 27.7 Å². The molecule has 0 aliphatic rings. The van der Waals surface area contributed by atoms with Crippen LogP contribution in [0.4, 0.5) is 10.5 Å². The summed E-state index contributed by atoms with van der Waals surface area (Å²) in [5.74, 6) is -0.580. The molecule has 1 aromatic rings. The second-order valence-electron chi connectivity index (χ2n) is 5.47. The second kappa shape index (κ2) is 6.39. The number of benzene rings is 1. The van der Waals surface area contributed by atoms with E-state index in [4.69, 9.17) is 4.74 Å². The van der Waals surface area contributed by atoms with Crippen molar-refractivity contribution in [3.8, 4) is 0 Å². The van der Waals surface area contributed by atoms with Gasteiger partial charge < -0.3 is 9.47 Å². The van der Waals surface area contributed by atoms with E-state index in [2.05, 4.69) is 10.1 Å². The minimum atomic E-state index is -0.668. The Labute approximate surface area is 123 Å². The van der Waals surface area contributed by atoms with Crippen LogP contribution in [0.5, 0.6) is 0 Å². The zero-order valence-corrected chi connectivity index (χ0v) is 12.8. The zero-order valence-electron chi connectivity index (χ0n) is 12.8. The van der Waals surface area contributed by atoms with Crippen LogP contribution in [-0.2, 0) is 9.47 Å². The summed E-state index contributed by atoms with van der Waals surface area (Å²) in [7, 11) is 1.25. The largest absolute Gasteiger partial charge is 0.465 e. The van der Waals surface area contributed by atoms with Gasteiger partial charge >= 0.3 is 12.1 Å². The van der Waals surface area contributed by atoms with Gasteiger partial charge in [-0.2, -0.15) is 0 Å². The Bertz CT molecular complexity index is 572. The molecule has 0 atom stereocenters. The third kappa shape index (κ3) is 4.59. The van der Waals surface area contributed by atoms with Crippen LogP contribution in [0.2, 0.25) is 0 Å². The average Bonchev–Trinajstić information content (AvgIpc) is 2.37. The van der Waals surface area contributed by atoms with Crippen molar-refractivity contribution >= 4 is 24.0 Å². The summed E-state index contributed by atoms with van der Waals surface area (Å²) < 4.78 is 9.78. The first-order valence-electron chi connectivity index (χ1n) is 6.36. The molecule has 0 aromatic heterocycles. The highest BCUT2D eigenvalue weighted by atomic mass is 16.6. The van der Waals surface area contributed by atoms with Gasteiger partial charge in [0.2, 0.25) is 0 Å². The molecule has 1 rings (SSSR count). The number of carbonyl (C=O) groups excluding carboxylic acids is 3. The van der Waals surface area contributed by atoms with Crippen molar-refractivity contribution in [1.82, 2.24) is 0 Å². The molecule has 0 saturated carbocycles. The molecule has 21 heavy (non-hydrogen) atoms. The molecule has 0 radical (unpaired) electrons. The predicted molar refractivity (Wildman–Crippen MR) is 77.8 cm³/mol. The molecule has 0 bridgehead atoms. The lowest BCUT2D eigenvalue weighted by molar-refractivity contribution is 0.0595. The molecule has 1 amide bonds. The summed E-state index contributed by atoms with van der Waals surface area (Å²) in [6.45, 7) is 6.84. The van der Waals surface area contributed by atoms with Crippen LogP contribution < -0.4 is 5.32 Å². The number of esters is 1. The van der Waals surface area contributed by atoms with Crippen LogP contribution in [0.25, 0.3) is 0 Å². The maximum atomic E-state index is 11.7. The van der Waals surface area contributed by atoms with E-state index >= 15 is 0 Å². The number of ether oxygens (including phenoxy) is 2. The third-order valence-electron chi connectivity index (χ3n) is 2.63. The molecule has 0 saturated heterocycles. The Morgan fingerprint density at radius 3 is 2.33 bits per heavy atom. The van der Waals surface area contributed by atoms with Crippen molar-refractivity contribution in [1.29, 1.82) is 0 Å². The Kier molecular flexibility index (Phi) is 5.07. The van der Waals surface area contributed by atoms with Gasteiger partial charge in [0.15, 0.2) is 0 Å². The molecular formula is C15H19NO5. The SMILES string of the molecule is COC(=O)c1cc(NC(=O)OC(C)(C)C)cc(C=O)c1C. The minimum Gasteiger partial charge on any atom is -0.465 e. The third-order valence-corrected chi connectivity index (χ3v) is 2.63. The van der Waals surface area contributed by atoms with E-state index in [0.29, 0.717) is 17.4 Å². The first-order chi connectivity index (χ1) is 9.67. The van der Waals surface area contributed by atoms with Crippen LogP contribution >= 0.6 is 0 Å². The van der Waals surface area contributed by atoms with Gasteiger partial charge in [-0.1, -0.05) is 0 Å². The maximum Gasteiger partial charge on any atom is 0.412 e. The lowest BCUT2D eigenvalue weighted by Crippen LogP contribution is -2.27. The summed E-state index contributed by atoms with van der Waals surface area (Å²) in [6.07, 6.45) is -0.0544. The quantitative estimate of drug-likeness (QED) is 0.684. The molecule has 1 N–H and O–H groups in total. The van der Waals surface area contributed by atoms with E-state index in [-0.39, 0.29) is 11.3 Å². The van der Waals surface area contributed by atoms with Crippen LogP contribution in [0, 0.1) is 6.92 Å². The van der Waals surface area contributed by atoms with E-state index in [9.17, 15) is 14.4 Å². The standard InChI is InChI=1S/C15H19NO5/c1-9-10(8-17)6-11(7-12(9)13(18)20-5)16-14(19)21-15(2,3)4/h6-8H,1-5H3,(H,16,19). The summed E-state index contributed by atoms with van der Waals surface area (Å²) in [5.41, 5.74) is 0.647. The first kappa shape index (κ1) is 16.7. The molecule has 6 heteroatoms. The summed E-state index contributed by atoms with van der Waals surface area (Å²) in [5, 5.41) is 2.49. The molecule has 0 spiro atoms. The normalized spacial score (nSPS) is 10.7. The number of nitrogens with one attached hydrogen (secondary N) is 1. The number of hydrogen-bond acceptors (Lipinski definition) is 5. The number of methoxy groups -OCH3 is 1. The van der Waals surface area contributed by atoms with E-state index in [1.807, 2.05) is 0 Å². The summed E-state index contributed by atoms with van der Waals surface area (Å²) in [4.78, 5) is 34.5. The topological polar surface area (TPSA) is 81.7 Å². The van der Waals surface area contributed by atoms with Gasteiger partial charge in [0, 0.05) is 11.3 Å². The fraction of sp³-hybridized carbons (Fsp3) is 0.400. The van der Waals surface area contributed by atoms with E-state index in [0.717, 1.165) is 0 Å². The Morgan fingerprint density at radius 2 is 1.86 bits per heavy atom. The van der Waals surface area contributed by atoms with Crippen molar-refractivity contribution in [2.75, 3.05) is 12.4 Å². The average molecular weight is 293 g/mol. The molecule has 6 nitrogen and oxygen atoms in total. The van der Waals surface area contributed by atoms with E-state index < -0.39 is 17.7 Å². The highest BCUT2D eigenvalue weighted by Gasteiger charge is 2.18. The van der Waals surface area contributed by atoms with Crippen LogP contribution in [0.15, 0.2) is 12.1 Å². The fourth-order valence-corrected chi connectivity index (χ4v) is 1.67. The summed E-state index contributed by atoms with van der Waals surface area (Å²) in [6, 6.07) is 2.91. The van der Waals surface area contributed by atoms with Crippen molar-refractivity contribution in [3.05, 3.63) is 28.8 Å². The number of hydrogen-bond donors (Lipinski definition) is 1. The Morgan fingerprint density at radius 1 is 1.24 bits per heavy atom.